The van der Waals surface area contributed by atoms with Gasteiger partial charge in [-0.2, -0.15) is 0 Å². The predicted octanol–water partition coefficient (Wildman–Crippen LogP) is 4.31. The number of rotatable bonds is 4. The number of fused-ring (bicyclic) bond motifs is 1. The molecule has 0 unspecified atom stereocenters. The Hall–Kier alpha value is -2.70. The van der Waals surface area contributed by atoms with E-state index in [1.165, 1.54) is 0 Å². The Morgan fingerprint density at radius 1 is 1.22 bits per heavy atom. The number of carbonyl (C=O) groups is 1. The fourth-order valence-corrected chi connectivity index (χ4v) is 3.04. The van der Waals surface area contributed by atoms with Crippen LogP contribution in [-0.4, -0.2) is 41.5 Å². The van der Waals surface area contributed by atoms with Crippen LogP contribution in [-0.2, 0) is 9.53 Å². The first-order valence-electron chi connectivity index (χ1n) is 8.11. The van der Waals surface area contributed by atoms with E-state index in [0.717, 1.165) is 0 Å². The monoisotopic (exact) mass is 403 g/mol. The quantitative estimate of drug-likeness (QED) is 0.357. The van der Waals surface area contributed by atoms with Crippen LogP contribution in [0.2, 0.25) is 10.0 Å². The molecule has 2 aromatic carbocycles. The minimum atomic E-state index is -0.773. The van der Waals surface area contributed by atoms with Gasteiger partial charge in [0.1, 0.15) is 0 Å². The highest BCUT2D eigenvalue weighted by Crippen LogP contribution is 2.30. The van der Waals surface area contributed by atoms with Crippen molar-refractivity contribution in [1.82, 2.24) is 0 Å². The molecule has 0 amide bonds. The van der Waals surface area contributed by atoms with Gasteiger partial charge in [-0.15, -0.1) is 0 Å². The van der Waals surface area contributed by atoms with Gasteiger partial charge in [-0.1, -0.05) is 46.6 Å². The molecule has 6 nitrogen and oxygen atoms in total. The molecule has 1 N–H and O–H groups in total. The third-order valence-electron chi connectivity index (χ3n) is 3.83. The molecule has 8 heteroatoms. The summed E-state index contributed by atoms with van der Waals surface area (Å²) in [5, 5.41) is 13.4. The largest absolute Gasteiger partial charge is 0.461 e. The van der Waals surface area contributed by atoms with Gasteiger partial charge in [-0.3, -0.25) is 4.99 Å². The maximum Gasteiger partial charge on any atom is 0.362 e. The van der Waals surface area contributed by atoms with Crippen LogP contribution in [0.1, 0.15) is 18.1 Å². The Bertz CT molecular complexity index is 984. The van der Waals surface area contributed by atoms with Crippen molar-refractivity contribution in [3.05, 3.63) is 63.6 Å². The Kier molecular flexibility index (Phi) is 5.88. The van der Waals surface area contributed by atoms with E-state index in [9.17, 15) is 10.0 Å². The van der Waals surface area contributed by atoms with Crippen molar-refractivity contribution >= 4 is 52.0 Å². The molecular formula is C19H15Cl2N3O3. The Morgan fingerprint density at radius 2 is 2.00 bits per heavy atom. The average Bonchev–Trinajstić information content (AvgIpc) is 2.83. The lowest BCUT2D eigenvalue weighted by Crippen LogP contribution is -2.28. The van der Waals surface area contributed by atoms with Crippen molar-refractivity contribution in [2.24, 2.45) is 15.1 Å². The van der Waals surface area contributed by atoms with Crippen molar-refractivity contribution in [3.63, 3.8) is 0 Å². The van der Waals surface area contributed by atoms with Gasteiger partial charge in [0.25, 0.3) is 0 Å². The second-order valence-corrected chi connectivity index (χ2v) is 6.38. The molecule has 1 heterocycles. The molecule has 0 aromatic heterocycles. The zero-order chi connectivity index (χ0) is 19.4. The highest BCUT2D eigenvalue weighted by Gasteiger charge is 2.25. The minimum Gasteiger partial charge on any atom is -0.461 e. The number of ether oxygens (including phenoxy) is 1. The molecule has 0 saturated heterocycles. The average molecular weight is 404 g/mol. The van der Waals surface area contributed by atoms with Gasteiger partial charge in [0.05, 0.1) is 30.3 Å². The van der Waals surface area contributed by atoms with Gasteiger partial charge in [0.15, 0.2) is 0 Å². The summed E-state index contributed by atoms with van der Waals surface area (Å²) < 4.78 is 4.93. The molecule has 138 valence electrons. The summed E-state index contributed by atoms with van der Waals surface area (Å²) in [5.74, 6) is -0.773. The molecule has 0 aliphatic carbocycles. The van der Waals surface area contributed by atoms with Gasteiger partial charge < -0.3 is 9.94 Å². The van der Waals surface area contributed by atoms with E-state index < -0.39 is 5.97 Å². The third kappa shape index (κ3) is 4.02. The van der Waals surface area contributed by atoms with Crippen LogP contribution in [0.25, 0.3) is 0 Å². The maximum absolute atomic E-state index is 12.1. The van der Waals surface area contributed by atoms with Crippen LogP contribution < -0.4 is 0 Å². The fourth-order valence-electron chi connectivity index (χ4n) is 2.64. The number of oxime groups is 1. The summed E-state index contributed by atoms with van der Waals surface area (Å²) >= 11 is 12.5. The van der Waals surface area contributed by atoms with Crippen LogP contribution in [0, 0.1) is 0 Å². The maximum atomic E-state index is 12.1. The molecule has 0 radical (unpaired) electrons. The first-order valence-corrected chi connectivity index (χ1v) is 8.87. The third-order valence-corrected chi connectivity index (χ3v) is 4.39. The van der Waals surface area contributed by atoms with Crippen LogP contribution >= 0.6 is 23.2 Å². The zero-order valence-corrected chi connectivity index (χ0v) is 15.8. The Balaban J connectivity index is 2.16. The molecule has 3 rings (SSSR count). The number of esters is 1. The highest BCUT2D eigenvalue weighted by atomic mass is 35.5. The second-order valence-electron chi connectivity index (χ2n) is 5.53. The van der Waals surface area contributed by atoms with Crippen LogP contribution in [0.4, 0.5) is 5.69 Å². The summed E-state index contributed by atoms with van der Waals surface area (Å²) in [5.41, 5.74) is 2.36. The van der Waals surface area contributed by atoms with E-state index in [1.54, 1.807) is 31.2 Å². The van der Waals surface area contributed by atoms with E-state index in [2.05, 4.69) is 15.1 Å². The summed E-state index contributed by atoms with van der Waals surface area (Å²) in [6, 6.07) is 12.4. The number of benzene rings is 2. The molecule has 1 aliphatic rings. The highest BCUT2D eigenvalue weighted by molar-refractivity contribution is 6.66. The van der Waals surface area contributed by atoms with Crippen LogP contribution in [0.3, 0.4) is 0 Å². The number of carbonyl (C=O) groups excluding carboxylic acids is 1. The van der Waals surface area contributed by atoms with E-state index in [1.807, 2.05) is 18.2 Å². The lowest BCUT2D eigenvalue weighted by atomic mass is 10.0. The lowest BCUT2D eigenvalue weighted by molar-refractivity contribution is -0.134. The summed E-state index contributed by atoms with van der Waals surface area (Å²) in [6.45, 7) is 1.81. The smallest absolute Gasteiger partial charge is 0.362 e. The topological polar surface area (TPSA) is 83.6 Å². The number of nitrogens with zero attached hydrogens (tertiary/aromatic N) is 3. The molecule has 0 atom stereocenters. The van der Waals surface area contributed by atoms with Crippen molar-refractivity contribution < 1.29 is 14.7 Å². The summed E-state index contributed by atoms with van der Waals surface area (Å²) in [7, 11) is 0. The fraction of sp³-hybridized carbons (Fsp3) is 0.158. The number of hydrogen-bond donors (Lipinski definition) is 1. The summed E-state index contributed by atoms with van der Waals surface area (Å²) in [4.78, 5) is 21.1. The molecule has 2 aromatic rings. The van der Waals surface area contributed by atoms with Gasteiger partial charge >= 0.3 is 5.97 Å². The standard InChI is InChI=1S/C19H15Cl2N3O3/c1-2-27-19(25)18(24-26)16-10-22-17(12-5-3-4-6-14(12)21)13-9-11(20)7-8-15(13)23-16/h3-9,26H,2,10H2,1H3. The first kappa shape index (κ1) is 19.1. The Labute approximate surface area is 165 Å². The normalized spacial score (nSPS) is 14.0. The predicted molar refractivity (Wildman–Crippen MR) is 106 cm³/mol. The molecule has 27 heavy (non-hydrogen) atoms. The SMILES string of the molecule is CCOC(=O)C(=NO)C1=Nc2ccc(Cl)cc2C(c2ccccc2Cl)=NC1. The van der Waals surface area contributed by atoms with E-state index >= 15 is 0 Å². The van der Waals surface area contributed by atoms with Crippen LogP contribution in [0.5, 0.6) is 0 Å². The van der Waals surface area contributed by atoms with Gasteiger partial charge in [0, 0.05) is 21.2 Å². The molecular weight excluding hydrogens is 389 g/mol. The van der Waals surface area contributed by atoms with E-state index in [0.29, 0.717) is 32.6 Å². The van der Waals surface area contributed by atoms with E-state index in [-0.39, 0.29) is 24.6 Å². The van der Waals surface area contributed by atoms with Gasteiger partial charge in [-0.25, -0.2) is 9.79 Å². The van der Waals surface area contributed by atoms with Gasteiger partial charge in [-0.05, 0) is 31.2 Å². The molecule has 0 spiro atoms. The lowest BCUT2D eigenvalue weighted by Gasteiger charge is -2.10. The zero-order valence-electron chi connectivity index (χ0n) is 14.3. The van der Waals surface area contributed by atoms with Gasteiger partial charge in [0.2, 0.25) is 5.71 Å². The molecule has 0 fully saturated rings. The minimum absolute atomic E-state index is 0.00502. The van der Waals surface area contributed by atoms with Crippen molar-refractivity contribution in [3.8, 4) is 0 Å². The Morgan fingerprint density at radius 3 is 2.70 bits per heavy atom. The molecule has 0 bridgehead atoms. The number of halogens is 2. The number of aliphatic imine (C=N–C) groups is 2. The molecule has 1 aliphatic heterocycles. The van der Waals surface area contributed by atoms with E-state index in [4.69, 9.17) is 27.9 Å². The molecule has 0 saturated carbocycles. The van der Waals surface area contributed by atoms with Crippen LogP contribution in [0.15, 0.2) is 57.6 Å². The first-order chi connectivity index (χ1) is 13.0. The van der Waals surface area contributed by atoms with Crippen molar-refractivity contribution in [1.29, 1.82) is 0 Å². The second kappa shape index (κ2) is 8.33. The summed E-state index contributed by atoms with van der Waals surface area (Å²) in [6.07, 6.45) is 0. The van der Waals surface area contributed by atoms with Crippen molar-refractivity contribution in [2.45, 2.75) is 6.92 Å². The number of hydrogen-bond acceptors (Lipinski definition) is 6. The van der Waals surface area contributed by atoms with Crippen molar-refractivity contribution in [2.75, 3.05) is 13.2 Å².